The van der Waals surface area contributed by atoms with Gasteiger partial charge in [-0.1, -0.05) is 92.4 Å². The summed E-state index contributed by atoms with van der Waals surface area (Å²) in [5, 5.41) is 0. The van der Waals surface area contributed by atoms with Gasteiger partial charge < -0.3 is 0 Å². The zero-order valence-electron chi connectivity index (χ0n) is 13.1. The van der Waals surface area contributed by atoms with Gasteiger partial charge in [0.25, 0.3) is 0 Å². The van der Waals surface area contributed by atoms with Crippen molar-refractivity contribution in [3.63, 3.8) is 0 Å². The highest BCUT2D eigenvalue weighted by molar-refractivity contribution is 4.61. The second-order valence-corrected chi connectivity index (χ2v) is 7.11. The summed E-state index contributed by atoms with van der Waals surface area (Å²) in [5.74, 6) is 0.959. The van der Waals surface area contributed by atoms with E-state index in [1.807, 2.05) is 0 Å². The molecule has 0 aliphatic rings. The molecule has 1 atom stereocenters. The fourth-order valence-corrected chi connectivity index (χ4v) is 2.49. The molecule has 104 valence electrons. The van der Waals surface area contributed by atoms with E-state index in [2.05, 4.69) is 34.6 Å². The van der Waals surface area contributed by atoms with Gasteiger partial charge >= 0.3 is 0 Å². The Morgan fingerprint density at radius 1 is 0.765 bits per heavy atom. The van der Waals surface area contributed by atoms with E-state index in [1.54, 1.807) is 0 Å². The number of unbranched alkanes of at least 4 members (excludes halogenated alkanes) is 5. The van der Waals surface area contributed by atoms with Crippen LogP contribution in [0.5, 0.6) is 0 Å². The minimum Gasteiger partial charge on any atom is -0.0654 e. The van der Waals surface area contributed by atoms with Crippen LogP contribution in [0.4, 0.5) is 0 Å². The molecule has 0 saturated heterocycles. The van der Waals surface area contributed by atoms with Gasteiger partial charge in [0.05, 0.1) is 0 Å². The molecule has 0 saturated carbocycles. The minimum absolute atomic E-state index is 0.537. The van der Waals surface area contributed by atoms with Crippen LogP contribution in [0, 0.1) is 11.3 Å². The Morgan fingerprint density at radius 2 is 1.29 bits per heavy atom. The summed E-state index contributed by atoms with van der Waals surface area (Å²) in [6, 6.07) is 0. The Bertz CT molecular complexity index is 152. The largest absolute Gasteiger partial charge is 0.0654 e. The summed E-state index contributed by atoms with van der Waals surface area (Å²) in [6.45, 7) is 11.8. The molecule has 0 aliphatic heterocycles. The highest BCUT2D eigenvalue weighted by atomic mass is 14.1. The Morgan fingerprint density at radius 3 is 1.82 bits per heavy atom. The Kier molecular flexibility index (Phi) is 9.97. The van der Waals surface area contributed by atoms with E-state index in [9.17, 15) is 0 Å². The molecule has 17 heavy (non-hydrogen) atoms. The summed E-state index contributed by atoms with van der Waals surface area (Å²) in [4.78, 5) is 0. The summed E-state index contributed by atoms with van der Waals surface area (Å²) in [6.07, 6.45) is 14.3. The quantitative estimate of drug-likeness (QED) is 0.378. The van der Waals surface area contributed by atoms with E-state index < -0.39 is 0 Å². The van der Waals surface area contributed by atoms with Crippen LogP contribution >= 0.6 is 0 Å². The predicted molar refractivity (Wildman–Crippen MR) is 80.5 cm³/mol. The van der Waals surface area contributed by atoms with Crippen LogP contribution in [0.15, 0.2) is 0 Å². The van der Waals surface area contributed by atoms with Gasteiger partial charge in [0.2, 0.25) is 0 Å². The third kappa shape index (κ3) is 13.9. The lowest BCUT2D eigenvalue weighted by molar-refractivity contribution is 0.355. The van der Waals surface area contributed by atoms with E-state index in [0.29, 0.717) is 5.41 Å². The number of hydrogen-bond acceptors (Lipinski definition) is 0. The maximum absolute atomic E-state index is 2.41. The van der Waals surface area contributed by atoms with Crippen molar-refractivity contribution in [1.29, 1.82) is 0 Å². The van der Waals surface area contributed by atoms with Gasteiger partial charge in [-0.05, 0) is 17.8 Å². The minimum atomic E-state index is 0.537. The molecule has 0 bridgehead atoms. The van der Waals surface area contributed by atoms with E-state index in [4.69, 9.17) is 0 Å². The van der Waals surface area contributed by atoms with E-state index in [0.717, 1.165) is 5.92 Å². The lowest BCUT2D eigenvalue weighted by Gasteiger charge is -2.17. The molecule has 0 heterocycles. The normalized spacial score (nSPS) is 13.9. The Hall–Kier alpha value is 0. The lowest BCUT2D eigenvalue weighted by atomic mass is 9.89. The first kappa shape index (κ1) is 17.0. The van der Waals surface area contributed by atoms with Gasteiger partial charge in [0.1, 0.15) is 0 Å². The number of hydrogen-bond donors (Lipinski definition) is 0. The first-order valence-corrected chi connectivity index (χ1v) is 7.95. The second-order valence-electron chi connectivity index (χ2n) is 7.11. The Labute approximate surface area is 111 Å². The van der Waals surface area contributed by atoms with E-state index >= 15 is 0 Å². The van der Waals surface area contributed by atoms with Crippen molar-refractivity contribution < 1.29 is 0 Å². The molecule has 0 aromatic rings. The monoisotopic (exact) mass is 240 g/mol. The molecule has 0 amide bonds. The highest BCUT2D eigenvalue weighted by Crippen LogP contribution is 2.23. The van der Waals surface area contributed by atoms with Crippen molar-refractivity contribution in [3.8, 4) is 0 Å². The zero-order valence-corrected chi connectivity index (χ0v) is 13.1. The van der Waals surface area contributed by atoms with Crippen LogP contribution in [-0.4, -0.2) is 0 Å². The molecule has 0 N–H and O–H groups in total. The molecule has 0 aromatic heterocycles. The Balaban J connectivity index is 3.14. The molecular weight excluding hydrogens is 204 g/mol. The van der Waals surface area contributed by atoms with Crippen molar-refractivity contribution in [2.75, 3.05) is 0 Å². The maximum Gasteiger partial charge on any atom is -0.0383 e. The van der Waals surface area contributed by atoms with Gasteiger partial charge in [-0.2, -0.15) is 0 Å². The van der Waals surface area contributed by atoms with Crippen molar-refractivity contribution in [3.05, 3.63) is 0 Å². The van der Waals surface area contributed by atoms with E-state index in [1.165, 1.54) is 64.2 Å². The maximum atomic E-state index is 2.41. The molecule has 0 aliphatic carbocycles. The van der Waals surface area contributed by atoms with E-state index in [-0.39, 0.29) is 0 Å². The van der Waals surface area contributed by atoms with Gasteiger partial charge in [-0.3, -0.25) is 0 Å². The van der Waals surface area contributed by atoms with Crippen LogP contribution in [0.25, 0.3) is 0 Å². The van der Waals surface area contributed by atoms with Crippen LogP contribution in [0.2, 0.25) is 0 Å². The molecule has 0 aromatic carbocycles. The predicted octanol–water partition coefficient (Wildman–Crippen LogP) is 6.59. The smallest absolute Gasteiger partial charge is 0.0383 e. The van der Waals surface area contributed by atoms with Gasteiger partial charge in [0.15, 0.2) is 0 Å². The molecule has 0 fully saturated rings. The lowest BCUT2D eigenvalue weighted by Crippen LogP contribution is -2.03. The number of rotatable bonds is 10. The van der Waals surface area contributed by atoms with Crippen LogP contribution < -0.4 is 0 Å². The topological polar surface area (TPSA) is 0 Å². The fraction of sp³-hybridized carbons (Fsp3) is 1.00. The SMILES string of the molecule is CCCC(C)CCCCCCCCC(C)(C)C. The third-order valence-electron chi connectivity index (χ3n) is 3.66. The summed E-state index contributed by atoms with van der Waals surface area (Å²) in [7, 11) is 0. The van der Waals surface area contributed by atoms with Crippen molar-refractivity contribution >= 4 is 0 Å². The van der Waals surface area contributed by atoms with Gasteiger partial charge in [0, 0.05) is 0 Å². The standard InChI is InChI=1S/C17H36/c1-6-13-16(2)14-11-9-7-8-10-12-15-17(3,4)5/h16H,6-15H2,1-5H3. The summed E-state index contributed by atoms with van der Waals surface area (Å²) < 4.78 is 0. The van der Waals surface area contributed by atoms with Gasteiger partial charge in [-0.15, -0.1) is 0 Å². The molecule has 0 spiro atoms. The zero-order chi connectivity index (χ0) is 13.1. The van der Waals surface area contributed by atoms with Crippen LogP contribution in [0.1, 0.15) is 98.8 Å². The highest BCUT2D eigenvalue weighted by Gasteiger charge is 2.08. The summed E-state index contributed by atoms with van der Waals surface area (Å²) >= 11 is 0. The fourth-order valence-electron chi connectivity index (χ4n) is 2.49. The molecule has 0 heteroatoms. The first-order chi connectivity index (χ1) is 7.95. The average Bonchev–Trinajstić information content (AvgIpc) is 2.21. The molecule has 0 nitrogen and oxygen atoms in total. The van der Waals surface area contributed by atoms with Crippen molar-refractivity contribution in [2.45, 2.75) is 98.8 Å². The first-order valence-electron chi connectivity index (χ1n) is 7.95. The molecular formula is C17H36. The molecule has 0 rings (SSSR count). The molecule has 0 radical (unpaired) electrons. The van der Waals surface area contributed by atoms with Crippen LogP contribution in [-0.2, 0) is 0 Å². The van der Waals surface area contributed by atoms with Gasteiger partial charge in [-0.25, -0.2) is 0 Å². The average molecular weight is 240 g/mol. The van der Waals surface area contributed by atoms with Crippen LogP contribution in [0.3, 0.4) is 0 Å². The third-order valence-corrected chi connectivity index (χ3v) is 3.66. The van der Waals surface area contributed by atoms with Crippen molar-refractivity contribution in [2.24, 2.45) is 11.3 Å². The summed E-state index contributed by atoms with van der Waals surface area (Å²) in [5.41, 5.74) is 0.537. The molecule has 1 unspecified atom stereocenters. The van der Waals surface area contributed by atoms with Crippen molar-refractivity contribution in [1.82, 2.24) is 0 Å². The second kappa shape index (κ2) is 9.97.